The molecule has 1 aromatic carbocycles. The third-order valence-corrected chi connectivity index (χ3v) is 2.47. The molecule has 1 atom stereocenters. The lowest BCUT2D eigenvalue weighted by molar-refractivity contribution is 0.0925. The number of nitrogens with zero attached hydrogens (tertiary/aromatic N) is 1. The molecule has 18 heavy (non-hydrogen) atoms. The van der Waals surface area contributed by atoms with Gasteiger partial charge in [0.15, 0.2) is 0 Å². The van der Waals surface area contributed by atoms with Crippen molar-refractivity contribution in [1.29, 1.82) is 0 Å². The number of benzene rings is 1. The first-order valence-electron chi connectivity index (χ1n) is 5.58. The summed E-state index contributed by atoms with van der Waals surface area (Å²) < 4.78 is 13.4. The van der Waals surface area contributed by atoms with E-state index in [2.05, 4.69) is 10.3 Å². The van der Waals surface area contributed by atoms with Crippen molar-refractivity contribution in [3.05, 3.63) is 41.8 Å². The lowest BCUT2D eigenvalue weighted by Gasteiger charge is -2.09. The first kappa shape index (κ1) is 12.4. The monoisotopic (exact) mass is 248 g/mol. The summed E-state index contributed by atoms with van der Waals surface area (Å²) >= 11 is 0. The van der Waals surface area contributed by atoms with Crippen molar-refractivity contribution in [2.24, 2.45) is 0 Å². The highest BCUT2D eigenvalue weighted by atomic mass is 19.1. The molecule has 0 spiro atoms. The summed E-state index contributed by atoms with van der Waals surface area (Å²) in [7, 11) is 0. The number of carbonyl (C=O) groups is 1. The molecule has 0 aliphatic carbocycles. The molecular weight excluding hydrogens is 235 g/mol. The van der Waals surface area contributed by atoms with E-state index in [9.17, 15) is 9.18 Å². The van der Waals surface area contributed by atoms with Gasteiger partial charge in [-0.3, -0.25) is 9.78 Å². The number of amides is 1. The largest absolute Gasteiger partial charge is 0.392 e. The summed E-state index contributed by atoms with van der Waals surface area (Å²) in [5.41, 5.74) is 0.619. The zero-order valence-electron chi connectivity index (χ0n) is 9.85. The number of rotatable bonds is 3. The minimum atomic E-state index is -0.651. The molecular formula is C13H13FN2O2. The van der Waals surface area contributed by atoms with E-state index in [4.69, 9.17) is 5.11 Å². The highest BCUT2D eigenvalue weighted by Crippen LogP contribution is 2.18. The van der Waals surface area contributed by atoms with Crippen LogP contribution in [0.15, 0.2) is 30.5 Å². The maximum absolute atomic E-state index is 13.4. The number of nitrogens with one attached hydrogen (secondary N) is 1. The van der Waals surface area contributed by atoms with Gasteiger partial charge in [-0.2, -0.15) is 0 Å². The maximum atomic E-state index is 13.4. The normalized spacial score (nSPS) is 12.4. The van der Waals surface area contributed by atoms with E-state index in [0.717, 1.165) is 6.07 Å². The molecule has 1 unspecified atom stereocenters. The first-order valence-corrected chi connectivity index (χ1v) is 5.58. The molecule has 4 nitrogen and oxygen atoms in total. The summed E-state index contributed by atoms with van der Waals surface area (Å²) in [5, 5.41) is 12.2. The van der Waals surface area contributed by atoms with Gasteiger partial charge in [-0.1, -0.05) is 6.07 Å². The molecule has 2 rings (SSSR count). The second-order valence-electron chi connectivity index (χ2n) is 4.09. The Morgan fingerprint density at radius 1 is 1.56 bits per heavy atom. The molecule has 2 N–H and O–H groups in total. The zero-order chi connectivity index (χ0) is 13.1. The van der Waals surface area contributed by atoms with Crippen LogP contribution in [-0.2, 0) is 0 Å². The van der Waals surface area contributed by atoms with Crippen molar-refractivity contribution >= 4 is 16.8 Å². The van der Waals surface area contributed by atoms with Gasteiger partial charge in [-0.15, -0.1) is 0 Å². The molecule has 1 heterocycles. The fourth-order valence-corrected chi connectivity index (χ4v) is 1.66. The molecule has 0 saturated heterocycles. The van der Waals surface area contributed by atoms with E-state index in [-0.39, 0.29) is 12.1 Å². The summed E-state index contributed by atoms with van der Waals surface area (Å²) in [5.74, 6) is -0.934. The Bertz CT molecular complexity index is 584. The van der Waals surface area contributed by atoms with Gasteiger partial charge in [-0.05, 0) is 25.1 Å². The molecule has 2 aromatic rings. The van der Waals surface area contributed by atoms with Crippen LogP contribution < -0.4 is 5.32 Å². The minimum absolute atomic E-state index is 0.115. The third kappa shape index (κ3) is 2.62. The average molecular weight is 248 g/mol. The molecule has 0 saturated carbocycles. The van der Waals surface area contributed by atoms with Gasteiger partial charge in [-0.25, -0.2) is 4.39 Å². The Balaban J connectivity index is 2.40. The van der Waals surface area contributed by atoms with Crippen LogP contribution >= 0.6 is 0 Å². The maximum Gasteiger partial charge on any atom is 0.253 e. The van der Waals surface area contributed by atoms with Crippen molar-refractivity contribution in [2.75, 3.05) is 6.54 Å². The molecule has 1 aromatic heterocycles. The molecule has 0 bridgehead atoms. The van der Waals surface area contributed by atoms with E-state index >= 15 is 0 Å². The number of aromatic nitrogens is 1. The van der Waals surface area contributed by atoms with E-state index in [1.54, 1.807) is 25.3 Å². The quantitative estimate of drug-likeness (QED) is 0.865. The van der Waals surface area contributed by atoms with Crippen LogP contribution in [0.2, 0.25) is 0 Å². The molecule has 0 aliphatic heterocycles. The van der Waals surface area contributed by atoms with Gasteiger partial charge >= 0.3 is 0 Å². The van der Waals surface area contributed by atoms with Crippen molar-refractivity contribution in [1.82, 2.24) is 10.3 Å². The Hall–Kier alpha value is -2.01. The van der Waals surface area contributed by atoms with Crippen LogP contribution in [0.25, 0.3) is 10.9 Å². The molecule has 0 aliphatic rings. The van der Waals surface area contributed by atoms with Gasteiger partial charge in [0.25, 0.3) is 5.91 Å². The van der Waals surface area contributed by atoms with Crippen molar-refractivity contribution < 1.29 is 14.3 Å². The molecule has 0 radical (unpaired) electrons. The summed E-state index contributed by atoms with van der Waals surface area (Å²) in [4.78, 5) is 16.0. The number of hydrogen-bond acceptors (Lipinski definition) is 3. The lowest BCUT2D eigenvalue weighted by atomic mass is 10.1. The van der Waals surface area contributed by atoms with E-state index < -0.39 is 17.8 Å². The Morgan fingerprint density at radius 3 is 3.06 bits per heavy atom. The first-order chi connectivity index (χ1) is 8.58. The van der Waals surface area contributed by atoms with Gasteiger partial charge in [0.2, 0.25) is 0 Å². The number of pyridine rings is 1. The fraction of sp³-hybridized carbons (Fsp3) is 0.231. The van der Waals surface area contributed by atoms with Crippen LogP contribution in [0.3, 0.4) is 0 Å². The van der Waals surface area contributed by atoms with Gasteiger partial charge in [0.05, 0.1) is 17.2 Å². The predicted octanol–water partition coefficient (Wildman–Crippen LogP) is 1.48. The molecule has 0 fully saturated rings. The van der Waals surface area contributed by atoms with Crippen LogP contribution in [0, 0.1) is 5.82 Å². The topological polar surface area (TPSA) is 62.2 Å². The fourth-order valence-electron chi connectivity index (χ4n) is 1.66. The van der Waals surface area contributed by atoms with Crippen LogP contribution in [0.1, 0.15) is 17.3 Å². The van der Waals surface area contributed by atoms with Crippen molar-refractivity contribution in [3.63, 3.8) is 0 Å². The summed E-state index contributed by atoms with van der Waals surface area (Å²) in [6, 6.07) is 5.84. The third-order valence-electron chi connectivity index (χ3n) is 2.47. The number of halogens is 1. The minimum Gasteiger partial charge on any atom is -0.392 e. The van der Waals surface area contributed by atoms with Crippen LogP contribution in [-0.4, -0.2) is 28.6 Å². The second kappa shape index (κ2) is 5.10. The Labute approximate surface area is 103 Å². The van der Waals surface area contributed by atoms with Gasteiger partial charge < -0.3 is 10.4 Å². The molecule has 1 amide bonds. The van der Waals surface area contributed by atoms with Crippen molar-refractivity contribution in [2.45, 2.75) is 13.0 Å². The SMILES string of the molecule is CC(O)CNC(=O)c1cc(F)cc2cccnc12. The summed E-state index contributed by atoms with van der Waals surface area (Å²) in [6.45, 7) is 1.67. The van der Waals surface area contributed by atoms with E-state index in [1.807, 2.05) is 0 Å². The highest BCUT2D eigenvalue weighted by molar-refractivity contribution is 6.05. The smallest absolute Gasteiger partial charge is 0.253 e. The number of fused-ring (bicyclic) bond motifs is 1. The van der Waals surface area contributed by atoms with Crippen LogP contribution in [0.5, 0.6) is 0 Å². The number of aliphatic hydroxyl groups excluding tert-OH is 1. The molecule has 5 heteroatoms. The van der Waals surface area contributed by atoms with Gasteiger partial charge in [0.1, 0.15) is 5.82 Å². The second-order valence-corrected chi connectivity index (χ2v) is 4.09. The molecule has 94 valence electrons. The average Bonchev–Trinajstić information content (AvgIpc) is 2.34. The predicted molar refractivity (Wildman–Crippen MR) is 65.7 cm³/mol. The Kier molecular flexibility index (Phi) is 3.53. The van der Waals surface area contributed by atoms with Gasteiger partial charge in [0, 0.05) is 18.1 Å². The van der Waals surface area contributed by atoms with Crippen molar-refractivity contribution in [3.8, 4) is 0 Å². The summed E-state index contributed by atoms with van der Waals surface area (Å²) in [6.07, 6.45) is 0.896. The number of hydrogen-bond donors (Lipinski definition) is 2. The standard InChI is InChI=1S/C13H13FN2O2/c1-8(17)7-16-13(18)11-6-10(14)5-9-3-2-4-15-12(9)11/h2-6,8,17H,7H2,1H3,(H,16,18). The van der Waals surface area contributed by atoms with Crippen LogP contribution in [0.4, 0.5) is 4.39 Å². The van der Waals surface area contributed by atoms with E-state index in [1.165, 1.54) is 6.07 Å². The van der Waals surface area contributed by atoms with E-state index in [0.29, 0.717) is 10.9 Å². The lowest BCUT2D eigenvalue weighted by Crippen LogP contribution is -2.30. The Morgan fingerprint density at radius 2 is 2.33 bits per heavy atom. The zero-order valence-corrected chi connectivity index (χ0v) is 9.85. The number of carbonyl (C=O) groups excluding carboxylic acids is 1. The highest BCUT2D eigenvalue weighted by Gasteiger charge is 2.13. The number of aliphatic hydroxyl groups is 1.